The number of aryl methyl sites for hydroxylation is 1. The molecule has 1 atom stereocenters. The summed E-state index contributed by atoms with van der Waals surface area (Å²) >= 11 is 0. The standard InChI is InChI=1S/C20H30O/c1-4-6-7-8-9-10-11-18-12-13-19(17(3)16-18)14-15-20(21)5-2/h9-10,12-16,20-21H,4-8,11H2,1-3H3/b10-9+,15-14-. The lowest BCUT2D eigenvalue weighted by atomic mass is 10.0. The second-order valence-electron chi connectivity index (χ2n) is 5.70. The highest BCUT2D eigenvalue weighted by Gasteiger charge is 1.98. The minimum atomic E-state index is -0.338. The molecule has 0 saturated carbocycles. The molecular weight excluding hydrogens is 256 g/mol. The van der Waals surface area contributed by atoms with Crippen molar-refractivity contribution in [1.29, 1.82) is 0 Å². The van der Waals surface area contributed by atoms with Crippen LogP contribution in [0, 0.1) is 6.92 Å². The summed E-state index contributed by atoms with van der Waals surface area (Å²) in [5, 5.41) is 9.57. The minimum absolute atomic E-state index is 0.338. The van der Waals surface area contributed by atoms with Gasteiger partial charge >= 0.3 is 0 Å². The molecule has 21 heavy (non-hydrogen) atoms. The Bertz CT molecular complexity index is 457. The zero-order valence-electron chi connectivity index (χ0n) is 13.8. The highest BCUT2D eigenvalue weighted by molar-refractivity contribution is 5.54. The van der Waals surface area contributed by atoms with Crippen molar-refractivity contribution in [3.8, 4) is 0 Å². The lowest BCUT2D eigenvalue weighted by Gasteiger charge is -2.05. The Hall–Kier alpha value is -1.34. The van der Waals surface area contributed by atoms with Gasteiger partial charge in [0, 0.05) is 0 Å². The van der Waals surface area contributed by atoms with Crippen LogP contribution in [0.3, 0.4) is 0 Å². The fraction of sp³-hybridized carbons (Fsp3) is 0.500. The van der Waals surface area contributed by atoms with Gasteiger partial charge in [-0.25, -0.2) is 0 Å². The summed E-state index contributed by atoms with van der Waals surface area (Å²) in [5.41, 5.74) is 3.82. The van der Waals surface area contributed by atoms with E-state index in [2.05, 4.69) is 44.2 Å². The van der Waals surface area contributed by atoms with Crippen molar-refractivity contribution >= 4 is 6.08 Å². The Morgan fingerprint density at radius 1 is 1.14 bits per heavy atom. The first kappa shape index (κ1) is 17.7. The van der Waals surface area contributed by atoms with Gasteiger partial charge in [0.15, 0.2) is 0 Å². The molecule has 1 nitrogen and oxygen atoms in total. The molecule has 1 N–H and O–H groups in total. The van der Waals surface area contributed by atoms with Gasteiger partial charge in [0.2, 0.25) is 0 Å². The molecule has 0 spiro atoms. The van der Waals surface area contributed by atoms with Gasteiger partial charge in [0.25, 0.3) is 0 Å². The highest BCUT2D eigenvalue weighted by Crippen LogP contribution is 2.14. The van der Waals surface area contributed by atoms with Crippen LogP contribution in [0.1, 0.15) is 62.6 Å². The SMILES string of the molecule is CCCCC/C=C/Cc1ccc(/C=C\C(O)CC)c(C)c1. The molecule has 0 bridgehead atoms. The van der Waals surface area contributed by atoms with Crippen molar-refractivity contribution in [3.05, 3.63) is 53.1 Å². The summed E-state index contributed by atoms with van der Waals surface area (Å²) in [6, 6.07) is 6.57. The minimum Gasteiger partial charge on any atom is -0.389 e. The number of hydrogen-bond acceptors (Lipinski definition) is 1. The molecule has 0 heterocycles. The van der Waals surface area contributed by atoms with Crippen LogP contribution in [0.25, 0.3) is 6.08 Å². The maximum Gasteiger partial charge on any atom is 0.0721 e. The van der Waals surface area contributed by atoms with Gasteiger partial charge in [0.1, 0.15) is 0 Å². The van der Waals surface area contributed by atoms with Gasteiger partial charge in [-0.05, 0) is 49.3 Å². The van der Waals surface area contributed by atoms with E-state index in [-0.39, 0.29) is 6.10 Å². The van der Waals surface area contributed by atoms with E-state index in [1.807, 2.05) is 19.1 Å². The highest BCUT2D eigenvalue weighted by atomic mass is 16.3. The van der Waals surface area contributed by atoms with E-state index in [9.17, 15) is 5.11 Å². The first-order chi connectivity index (χ1) is 10.2. The Balaban J connectivity index is 2.52. The van der Waals surface area contributed by atoms with Gasteiger partial charge in [-0.2, -0.15) is 0 Å². The second kappa shape index (κ2) is 10.4. The fourth-order valence-corrected chi connectivity index (χ4v) is 2.25. The van der Waals surface area contributed by atoms with Gasteiger partial charge in [0.05, 0.1) is 6.10 Å². The van der Waals surface area contributed by atoms with Crippen molar-refractivity contribution in [2.75, 3.05) is 0 Å². The third-order valence-corrected chi connectivity index (χ3v) is 3.74. The normalized spacial score (nSPS) is 13.3. The Labute approximate surface area is 130 Å². The van der Waals surface area contributed by atoms with E-state index < -0.39 is 0 Å². The fourth-order valence-electron chi connectivity index (χ4n) is 2.25. The molecule has 1 unspecified atom stereocenters. The zero-order valence-corrected chi connectivity index (χ0v) is 13.8. The van der Waals surface area contributed by atoms with Crippen molar-refractivity contribution in [3.63, 3.8) is 0 Å². The number of aliphatic hydroxyl groups excluding tert-OH is 1. The van der Waals surface area contributed by atoms with Crippen LogP contribution in [-0.2, 0) is 6.42 Å². The van der Waals surface area contributed by atoms with Crippen LogP contribution < -0.4 is 0 Å². The van der Waals surface area contributed by atoms with Crippen LogP contribution in [0.2, 0.25) is 0 Å². The topological polar surface area (TPSA) is 20.2 Å². The molecule has 0 amide bonds. The molecule has 1 heteroatoms. The molecule has 0 aliphatic rings. The molecule has 116 valence electrons. The van der Waals surface area contributed by atoms with E-state index in [0.29, 0.717) is 0 Å². The Morgan fingerprint density at radius 2 is 1.95 bits per heavy atom. The van der Waals surface area contributed by atoms with Crippen molar-refractivity contribution in [2.45, 2.75) is 65.4 Å². The predicted octanol–water partition coefficient (Wildman–Crippen LogP) is 5.46. The molecule has 1 rings (SSSR count). The van der Waals surface area contributed by atoms with Crippen LogP contribution in [-0.4, -0.2) is 11.2 Å². The van der Waals surface area contributed by atoms with Crippen LogP contribution in [0.15, 0.2) is 36.4 Å². The van der Waals surface area contributed by atoms with E-state index in [4.69, 9.17) is 0 Å². The summed E-state index contributed by atoms with van der Waals surface area (Å²) in [5.74, 6) is 0. The summed E-state index contributed by atoms with van der Waals surface area (Å²) in [4.78, 5) is 0. The monoisotopic (exact) mass is 286 g/mol. The summed E-state index contributed by atoms with van der Waals surface area (Å²) in [6.45, 7) is 6.35. The maximum atomic E-state index is 9.57. The molecule has 0 saturated heterocycles. The third-order valence-electron chi connectivity index (χ3n) is 3.74. The molecule has 0 aliphatic carbocycles. The quantitative estimate of drug-likeness (QED) is 0.472. The summed E-state index contributed by atoms with van der Waals surface area (Å²) in [7, 11) is 0. The van der Waals surface area contributed by atoms with Gasteiger partial charge in [-0.1, -0.05) is 69.2 Å². The molecule has 0 radical (unpaired) electrons. The van der Waals surface area contributed by atoms with Crippen molar-refractivity contribution < 1.29 is 5.11 Å². The molecule has 1 aromatic rings. The van der Waals surface area contributed by atoms with Crippen LogP contribution >= 0.6 is 0 Å². The molecule has 0 fully saturated rings. The number of allylic oxidation sites excluding steroid dienone is 2. The molecule has 0 aromatic heterocycles. The van der Waals surface area contributed by atoms with Crippen molar-refractivity contribution in [1.82, 2.24) is 0 Å². The second-order valence-corrected chi connectivity index (χ2v) is 5.70. The molecular formula is C20H30O. The first-order valence-corrected chi connectivity index (χ1v) is 8.28. The largest absolute Gasteiger partial charge is 0.389 e. The molecule has 0 aliphatic heterocycles. The van der Waals surface area contributed by atoms with E-state index in [0.717, 1.165) is 12.8 Å². The number of hydrogen-bond donors (Lipinski definition) is 1. The summed E-state index contributed by atoms with van der Waals surface area (Å²) in [6.07, 6.45) is 15.0. The van der Waals surface area contributed by atoms with Gasteiger partial charge in [-0.15, -0.1) is 0 Å². The predicted molar refractivity (Wildman–Crippen MR) is 93.5 cm³/mol. The lowest BCUT2D eigenvalue weighted by Crippen LogP contribution is -1.98. The smallest absolute Gasteiger partial charge is 0.0721 e. The number of aliphatic hydroxyl groups is 1. The average Bonchev–Trinajstić information content (AvgIpc) is 2.49. The lowest BCUT2D eigenvalue weighted by molar-refractivity contribution is 0.220. The average molecular weight is 286 g/mol. The van der Waals surface area contributed by atoms with E-state index in [1.165, 1.54) is 42.4 Å². The van der Waals surface area contributed by atoms with E-state index >= 15 is 0 Å². The van der Waals surface area contributed by atoms with Crippen LogP contribution in [0.4, 0.5) is 0 Å². The maximum absolute atomic E-state index is 9.57. The third kappa shape index (κ3) is 7.29. The Morgan fingerprint density at radius 3 is 2.62 bits per heavy atom. The van der Waals surface area contributed by atoms with Crippen LogP contribution in [0.5, 0.6) is 0 Å². The number of benzene rings is 1. The zero-order chi connectivity index (χ0) is 15.5. The number of rotatable bonds is 9. The molecule has 1 aromatic carbocycles. The van der Waals surface area contributed by atoms with E-state index in [1.54, 1.807) is 0 Å². The van der Waals surface area contributed by atoms with Crippen molar-refractivity contribution in [2.24, 2.45) is 0 Å². The number of unbranched alkanes of at least 4 members (excludes halogenated alkanes) is 3. The summed E-state index contributed by atoms with van der Waals surface area (Å²) < 4.78 is 0. The van der Waals surface area contributed by atoms with Gasteiger partial charge < -0.3 is 5.11 Å². The first-order valence-electron chi connectivity index (χ1n) is 8.28. The van der Waals surface area contributed by atoms with Gasteiger partial charge in [-0.3, -0.25) is 0 Å². The Kier molecular flexibility index (Phi) is 8.77.